The molecule has 0 amide bonds. The smallest absolute Gasteiger partial charge is 0.348 e. The molecule has 1 aromatic heterocycles. The number of hydrogen-bond donors (Lipinski definition) is 0. The molecule has 1 aliphatic carbocycles. The number of hydrogen-bond acceptors (Lipinski definition) is 5. The van der Waals surface area contributed by atoms with Gasteiger partial charge in [0, 0.05) is 24.5 Å². The average molecular weight is 418 g/mol. The molecular weight excluding hydrogens is 389 g/mol. The lowest BCUT2D eigenvalue weighted by atomic mass is 9.92. The third-order valence-corrected chi connectivity index (χ3v) is 7.52. The molecule has 3 unspecified atom stereocenters. The van der Waals surface area contributed by atoms with Crippen LogP contribution in [0.4, 0.5) is 4.39 Å². The van der Waals surface area contributed by atoms with Gasteiger partial charge in [-0.05, 0) is 49.7 Å². The van der Waals surface area contributed by atoms with E-state index < -0.39 is 6.17 Å². The zero-order valence-corrected chi connectivity index (χ0v) is 17.4. The van der Waals surface area contributed by atoms with Crippen LogP contribution in [0, 0.1) is 11.8 Å². The second-order valence-electron chi connectivity index (χ2n) is 7.56. The third kappa shape index (κ3) is 5.89. The minimum absolute atomic E-state index is 0.238. The summed E-state index contributed by atoms with van der Waals surface area (Å²) >= 11 is 7.60. The number of aryl methyl sites for hydroxylation is 1. The molecule has 1 aliphatic heterocycles. The normalized spacial score (nSPS) is 29.1. The fourth-order valence-electron chi connectivity index (χ4n) is 3.93. The lowest BCUT2D eigenvalue weighted by molar-refractivity contribution is 0.0197. The number of halogens is 2. The highest BCUT2D eigenvalue weighted by molar-refractivity contribution is 7.13. The summed E-state index contributed by atoms with van der Waals surface area (Å²) in [5.41, 5.74) is 0. The first kappa shape index (κ1) is 21.0. The van der Waals surface area contributed by atoms with Crippen molar-refractivity contribution in [2.75, 3.05) is 39.5 Å². The lowest BCUT2D eigenvalue weighted by Crippen LogP contribution is -2.38. The second kappa shape index (κ2) is 10.2. The number of ether oxygens (including phenoxy) is 2. The first-order valence-corrected chi connectivity index (χ1v) is 11.1. The predicted octanol–water partition coefficient (Wildman–Crippen LogP) is 4.16. The minimum atomic E-state index is -0.868. The average Bonchev–Trinajstić information content (AvgIpc) is 3.24. The number of rotatable bonds is 8. The van der Waals surface area contributed by atoms with E-state index in [1.807, 2.05) is 12.1 Å². The largest absolute Gasteiger partial charge is 0.460 e. The van der Waals surface area contributed by atoms with Gasteiger partial charge in [-0.25, -0.2) is 9.18 Å². The summed E-state index contributed by atoms with van der Waals surface area (Å²) in [4.78, 5) is 16.3. The Morgan fingerprint density at radius 2 is 2.19 bits per heavy atom. The SMILES string of the molecule is CC1C(Cl)C(F)C[C@@H]1CCCc1ccc(C(=O)OCCN2CCOCC2)s1. The van der Waals surface area contributed by atoms with Crippen molar-refractivity contribution in [3.8, 4) is 0 Å². The Morgan fingerprint density at radius 3 is 2.89 bits per heavy atom. The fraction of sp³-hybridized carbons (Fsp3) is 0.750. The van der Waals surface area contributed by atoms with Crippen molar-refractivity contribution in [1.29, 1.82) is 0 Å². The molecule has 1 saturated carbocycles. The van der Waals surface area contributed by atoms with Gasteiger partial charge in [-0.15, -0.1) is 22.9 Å². The minimum Gasteiger partial charge on any atom is -0.460 e. The summed E-state index contributed by atoms with van der Waals surface area (Å²) in [7, 11) is 0. The van der Waals surface area contributed by atoms with E-state index in [0.29, 0.717) is 23.8 Å². The second-order valence-corrected chi connectivity index (χ2v) is 9.24. The zero-order valence-electron chi connectivity index (χ0n) is 15.9. The number of alkyl halides is 2. The predicted molar refractivity (Wildman–Crippen MR) is 107 cm³/mol. The van der Waals surface area contributed by atoms with E-state index in [1.54, 1.807) is 0 Å². The maximum atomic E-state index is 13.7. The topological polar surface area (TPSA) is 38.8 Å². The molecule has 2 aliphatic rings. The Bertz CT molecular complexity index is 608. The van der Waals surface area contributed by atoms with Crippen molar-refractivity contribution in [3.05, 3.63) is 21.9 Å². The van der Waals surface area contributed by atoms with Gasteiger partial charge in [0.25, 0.3) is 0 Å². The van der Waals surface area contributed by atoms with Crippen molar-refractivity contribution in [1.82, 2.24) is 4.90 Å². The monoisotopic (exact) mass is 417 g/mol. The van der Waals surface area contributed by atoms with Gasteiger partial charge in [0.05, 0.1) is 18.6 Å². The molecule has 0 radical (unpaired) electrons. The van der Waals surface area contributed by atoms with Crippen LogP contribution in [-0.4, -0.2) is 61.9 Å². The van der Waals surface area contributed by atoms with Crippen molar-refractivity contribution >= 4 is 28.9 Å². The molecule has 0 bridgehead atoms. The standard InChI is InChI=1S/C20H29ClFNO3S/c1-14-15(13-17(22)19(14)21)3-2-4-16-5-6-18(27-16)20(24)26-12-9-23-7-10-25-11-8-23/h5-6,14-15,17,19H,2-4,7-13H2,1H3/t14?,15-,17?,19?/m0/s1. The van der Waals surface area contributed by atoms with E-state index in [-0.39, 0.29) is 17.3 Å². The van der Waals surface area contributed by atoms with Crippen LogP contribution in [0.2, 0.25) is 0 Å². The number of carbonyl (C=O) groups excluding carboxylic acids is 1. The van der Waals surface area contributed by atoms with Gasteiger partial charge in [-0.2, -0.15) is 0 Å². The van der Waals surface area contributed by atoms with Gasteiger partial charge >= 0.3 is 5.97 Å². The van der Waals surface area contributed by atoms with Gasteiger partial charge in [-0.3, -0.25) is 4.90 Å². The van der Waals surface area contributed by atoms with E-state index in [2.05, 4.69) is 11.8 Å². The van der Waals surface area contributed by atoms with E-state index >= 15 is 0 Å². The summed E-state index contributed by atoms with van der Waals surface area (Å²) < 4.78 is 24.4. The molecule has 2 heterocycles. The van der Waals surface area contributed by atoms with Crippen LogP contribution in [0.15, 0.2) is 12.1 Å². The number of morpholine rings is 1. The number of carbonyl (C=O) groups is 1. The van der Waals surface area contributed by atoms with Gasteiger partial charge < -0.3 is 9.47 Å². The van der Waals surface area contributed by atoms with Crippen molar-refractivity contribution < 1.29 is 18.7 Å². The first-order chi connectivity index (χ1) is 13.0. The van der Waals surface area contributed by atoms with E-state index in [0.717, 1.165) is 52.1 Å². The molecule has 4 nitrogen and oxygen atoms in total. The highest BCUT2D eigenvalue weighted by Gasteiger charge is 2.39. The number of thiophene rings is 1. The van der Waals surface area contributed by atoms with Crippen LogP contribution in [0.5, 0.6) is 0 Å². The highest BCUT2D eigenvalue weighted by Crippen LogP contribution is 2.40. The molecule has 2 fully saturated rings. The summed E-state index contributed by atoms with van der Waals surface area (Å²) in [5, 5.41) is -0.337. The third-order valence-electron chi connectivity index (χ3n) is 5.72. The summed E-state index contributed by atoms with van der Waals surface area (Å²) in [6.45, 7) is 6.51. The van der Waals surface area contributed by atoms with Crippen LogP contribution in [0.3, 0.4) is 0 Å². The van der Waals surface area contributed by atoms with Gasteiger partial charge in [0.1, 0.15) is 17.7 Å². The summed E-state index contributed by atoms with van der Waals surface area (Å²) in [6.07, 6.45) is 2.62. The molecule has 152 valence electrons. The van der Waals surface area contributed by atoms with Crippen LogP contribution >= 0.6 is 22.9 Å². The molecular formula is C20H29ClFNO3S. The molecule has 1 saturated heterocycles. The molecule has 0 aromatic carbocycles. The van der Waals surface area contributed by atoms with E-state index in [4.69, 9.17) is 21.1 Å². The van der Waals surface area contributed by atoms with Gasteiger partial charge in [0.2, 0.25) is 0 Å². The maximum Gasteiger partial charge on any atom is 0.348 e. The van der Waals surface area contributed by atoms with E-state index in [9.17, 15) is 9.18 Å². The van der Waals surface area contributed by atoms with Crippen LogP contribution in [0.25, 0.3) is 0 Å². The molecule has 0 spiro atoms. The Hall–Kier alpha value is -0.690. The highest BCUT2D eigenvalue weighted by atomic mass is 35.5. The quantitative estimate of drug-likeness (QED) is 0.470. The first-order valence-electron chi connectivity index (χ1n) is 9.88. The zero-order chi connectivity index (χ0) is 19.2. The Morgan fingerprint density at radius 1 is 1.41 bits per heavy atom. The summed E-state index contributed by atoms with van der Waals surface area (Å²) in [6, 6.07) is 3.85. The molecule has 7 heteroatoms. The maximum absolute atomic E-state index is 13.7. The van der Waals surface area contributed by atoms with Crippen molar-refractivity contribution in [2.24, 2.45) is 11.8 Å². The number of esters is 1. The Kier molecular flexibility index (Phi) is 7.94. The van der Waals surface area contributed by atoms with E-state index in [1.165, 1.54) is 16.2 Å². The molecule has 3 rings (SSSR count). The molecule has 1 aromatic rings. The van der Waals surface area contributed by atoms with Crippen LogP contribution in [0.1, 0.15) is 40.7 Å². The van der Waals surface area contributed by atoms with Crippen molar-refractivity contribution in [2.45, 2.75) is 44.2 Å². The van der Waals surface area contributed by atoms with Crippen molar-refractivity contribution in [3.63, 3.8) is 0 Å². The Labute approximate surface area is 170 Å². The van der Waals surface area contributed by atoms with Gasteiger partial charge in [0.15, 0.2) is 0 Å². The summed E-state index contributed by atoms with van der Waals surface area (Å²) in [5.74, 6) is 0.364. The lowest BCUT2D eigenvalue weighted by Gasteiger charge is -2.26. The Balaban J connectivity index is 1.35. The molecule has 4 atom stereocenters. The van der Waals surface area contributed by atoms with Crippen LogP contribution in [-0.2, 0) is 15.9 Å². The molecule has 27 heavy (non-hydrogen) atoms. The molecule has 0 N–H and O–H groups in total. The fourth-order valence-corrected chi connectivity index (χ4v) is 5.18. The van der Waals surface area contributed by atoms with Crippen LogP contribution < -0.4 is 0 Å². The van der Waals surface area contributed by atoms with Gasteiger partial charge in [-0.1, -0.05) is 6.92 Å². The number of nitrogens with zero attached hydrogens (tertiary/aromatic N) is 1.